The summed E-state index contributed by atoms with van der Waals surface area (Å²) in [6, 6.07) is 4.16. The lowest BCUT2D eigenvalue weighted by molar-refractivity contribution is -0.385. The van der Waals surface area contributed by atoms with Crippen LogP contribution in [0, 0.1) is 16.0 Å². The third kappa shape index (κ3) is 2.95. The van der Waals surface area contributed by atoms with Crippen molar-refractivity contribution in [3.8, 4) is 5.75 Å². The number of amides is 1. The number of alkyl halides is 1. The van der Waals surface area contributed by atoms with Gasteiger partial charge in [-0.15, -0.1) is 11.6 Å². The molecule has 1 aromatic rings. The minimum atomic E-state index is -0.535. The number of hydrogen-bond donors (Lipinski definition) is 0. The number of rotatable bonds is 4. The van der Waals surface area contributed by atoms with Crippen LogP contribution in [0.1, 0.15) is 23.7 Å². The van der Waals surface area contributed by atoms with Crippen LogP contribution in [-0.2, 0) is 0 Å². The molecule has 7 heteroatoms. The topological polar surface area (TPSA) is 72.7 Å². The summed E-state index contributed by atoms with van der Waals surface area (Å²) in [6.07, 6.45) is 0.910. The Hall–Kier alpha value is -1.82. The number of methoxy groups -OCH3 is 1. The van der Waals surface area contributed by atoms with E-state index in [9.17, 15) is 14.9 Å². The van der Waals surface area contributed by atoms with Crippen LogP contribution >= 0.6 is 11.6 Å². The number of halogens is 1. The van der Waals surface area contributed by atoms with E-state index in [0.717, 1.165) is 6.42 Å². The van der Waals surface area contributed by atoms with Crippen LogP contribution in [0.25, 0.3) is 0 Å². The minimum Gasteiger partial charge on any atom is -0.490 e. The average Bonchev–Trinajstić information content (AvgIpc) is 2.86. The van der Waals surface area contributed by atoms with E-state index in [2.05, 4.69) is 6.92 Å². The van der Waals surface area contributed by atoms with Crippen molar-refractivity contribution in [2.45, 2.75) is 19.4 Å². The highest BCUT2D eigenvalue weighted by Crippen LogP contribution is 2.30. The Morgan fingerprint density at radius 3 is 2.86 bits per heavy atom. The van der Waals surface area contributed by atoms with Crippen LogP contribution in [0.3, 0.4) is 0 Å². The van der Waals surface area contributed by atoms with Crippen LogP contribution in [0.2, 0.25) is 0 Å². The molecule has 2 rings (SSSR count). The van der Waals surface area contributed by atoms with Crippen molar-refractivity contribution in [2.75, 3.05) is 19.5 Å². The molecule has 1 aliphatic heterocycles. The van der Waals surface area contributed by atoms with Gasteiger partial charge in [0.1, 0.15) is 0 Å². The zero-order chi connectivity index (χ0) is 15.6. The molecular formula is C14H17ClN2O4. The van der Waals surface area contributed by atoms with Gasteiger partial charge in [-0.2, -0.15) is 0 Å². The molecule has 1 heterocycles. The Labute approximate surface area is 127 Å². The first-order valence-corrected chi connectivity index (χ1v) is 7.22. The summed E-state index contributed by atoms with van der Waals surface area (Å²) in [5.74, 6) is 0.655. The number of ether oxygens (including phenoxy) is 1. The summed E-state index contributed by atoms with van der Waals surface area (Å²) in [5.41, 5.74) is 0.222. The maximum atomic E-state index is 12.6. The summed E-state index contributed by atoms with van der Waals surface area (Å²) in [4.78, 5) is 24.6. The van der Waals surface area contributed by atoms with Crippen molar-refractivity contribution in [2.24, 2.45) is 5.92 Å². The Balaban J connectivity index is 2.30. The summed E-state index contributed by atoms with van der Waals surface area (Å²) in [6.45, 7) is 2.72. The van der Waals surface area contributed by atoms with Crippen molar-refractivity contribution in [3.63, 3.8) is 0 Å². The Kier molecular flexibility index (Phi) is 4.67. The highest BCUT2D eigenvalue weighted by molar-refractivity contribution is 6.18. The fourth-order valence-electron chi connectivity index (χ4n) is 2.62. The fourth-order valence-corrected chi connectivity index (χ4v) is 3.09. The van der Waals surface area contributed by atoms with Gasteiger partial charge in [-0.3, -0.25) is 14.9 Å². The Morgan fingerprint density at radius 2 is 2.29 bits per heavy atom. The zero-order valence-electron chi connectivity index (χ0n) is 11.9. The number of nitro groups is 1. The van der Waals surface area contributed by atoms with Gasteiger partial charge in [0.15, 0.2) is 5.75 Å². The zero-order valence-corrected chi connectivity index (χ0v) is 12.7. The molecule has 114 valence electrons. The molecule has 0 spiro atoms. The molecule has 2 atom stereocenters. The first kappa shape index (κ1) is 15.6. The van der Waals surface area contributed by atoms with E-state index in [4.69, 9.17) is 16.3 Å². The second-order valence-corrected chi connectivity index (χ2v) is 5.44. The van der Waals surface area contributed by atoms with Gasteiger partial charge >= 0.3 is 5.69 Å². The molecule has 1 fully saturated rings. The molecule has 0 bridgehead atoms. The molecular weight excluding hydrogens is 296 g/mol. The van der Waals surface area contributed by atoms with Gasteiger partial charge in [0.05, 0.1) is 12.0 Å². The van der Waals surface area contributed by atoms with Crippen molar-refractivity contribution >= 4 is 23.2 Å². The van der Waals surface area contributed by atoms with E-state index < -0.39 is 4.92 Å². The van der Waals surface area contributed by atoms with Crippen molar-refractivity contribution in [1.82, 2.24) is 4.90 Å². The lowest BCUT2D eigenvalue weighted by atomic mass is 10.0. The number of nitrogens with zero attached hydrogens (tertiary/aromatic N) is 2. The second kappa shape index (κ2) is 6.30. The van der Waals surface area contributed by atoms with E-state index >= 15 is 0 Å². The molecule has 0 N–H and O–H groups in total. The minimum absolute atomic E-state index is 0.000327. The Bertz CT molecular complexity index is 564. The number of carbonyl (C=O) groups excluding carboxylic acids is 1. The van der Waals surface area contributed by atoms with Gasteiger partial charge in [0.25, 0.3) is 5.91 Å². The molecule has 1 saturated heterocycles. The number of carbonyl (C=O) groups is 1. The van der Waals surface area contributed by atoms with Gasteiger partial charge in [-0.05, 0) is 18.4 Å². The molecule has 2 unspecified atom stereocenters. The standard InChI is InChI=1S/C14H17ClN2O4/c1-9-5-6-16(12(9)8-15)14(18)10-3-4-11(17(19)20)13(7-10)21-2/h3-4,7,9,12H,5-6,8H2,1-2H3. The van der Waals surface area contributed by atoms with E-state index in [1.165, 1.54) is 25.3 Å². The van der Waals surface area contributed by atoms with Crippen LogP contribution in [0.4, 0.5) is 5.69 Å². The number of benzene rings is 1. The largest absolute Gasteiger partial charge is 0.490 e. The van der Waals surface area contributed by atoms with Crippen LogP contribution < -0.4 is 4.74 Å². The molecule has 0 radical (unpaired) electrons. The summed E-state index contributed by atoms with van der Waals surface area (Å²) in [7, 11) is 1.34. The maximum Gasteiger partial charge on any atom is 0.310 e. The van der Waals surface area contributed by atoms with Crippen molar-refractivity contribution < 1.29 is 14.5 Å². The van der Waals surface area contributed by atoms with Gasteiger partial charge in [0, 0.05) is 36.2 Å². The van der Waals surface area contributed by atoms with E-state index in [1.54, 1.807) is 4.90 Å². The van der Waals surface area contributed by atoms with Gasteiger partial charge in [-0.25, -0.2) is 0 Å². The SMILES string of the molecule is COc1cc(C(=O)N2CCC(C)C2CCl)ccc1[N+](=O)[O-]. The fraction of sp³-hybridized carbons (Fsp3) is 0.500. The first-order valence-electron chi connectivity index (χ1n) is 6.69. The highest BCUT2D eigenvalue weighted by Gasteiger charge is 2.34. The molecule has 0 aromatic heterocycles. The van der Waals surface area contributed by atoms with Crippen molar-refractivity contribution in [3.05, 3.63) is 33.9 Å². The highest BCUT2D eigenvalue weighted by atomic mass is 35.5. The van der Waals surface area contributed by atoms with Crippen LogP contribution in [-0.4, -0.2) is 41.3 Å². The monoisotopic (exact) mass is 312 g/mol. The molecule has 1 aliphatic rings. The van der Waals surface area contributed by atoms with Crippen LogP contribution in [0.15, 0.2) is 18.2 Å². The maximum absolute atomic E-state index is 12.6. The molecule has 1 amide bonds. The second-order valence-electron chi connectivity index (χ2n) is 5.13. The van der Waals surface area contributed by atoms with E-state index in [-0.39, 0.29) is 23.4 Å². The first-order chi connectivity index (χ1) is 9.99. The van der Waals surface area contributed by atoms with Crippen LogP contribution in [0.5, 0.6) is 5.75 Å². The predicted octanol–water partition coefficient (Wildman–Crippen LogP) is 2.69. The summed E-state index contributed by atoms with van der Waals surface area (Å²) >= 11 is 5.95. The number of hydrogen-bond acceptors (Lipinski definition) is 4. The van der Waals surface area contributed by atoms with Gasteiger partial charge < -0.3 is 9.64 Å². The number of nitro benzene ring substituents is 1. The van der Waals surface area contributed by atoms with Crippen molar-refractivity contribution in [1.29, 1.82) is 0 Å². The smallest absolute Gasteiger partial charge is 0.310 e. The summed E-state index contributed by atoms with van der Waals surface area (Å²) < 4.78 is 5.00. The van der Waals surface area contributed by atoms with Gasteiger partial charge in [0.2, 0.25) is 0 Å². The van der Waals surface area contributed by atoms with E-state index in [0.29, 0.717) is 23.9 Å². The normalized spacial score (nSPS) is 21.4. The third-order valence-electron chi connectivity index (χ3n) is 3.92. The molecule has 21 heavy (non-hydrogen) atoms. The molecule has 1 aromatic carbocycles. The molecule has 0 aliphatic carbocycles. The quantitative estimate of drug-likeness (QED) is 0.487. The summed E-state index contributed by atoms with van der Waals surface area (Å²) in [5, 5.41) is 10.9. The molecule has 0 saturated carbocycles. The lowest BCUT2D eigenvalue weighted by Gasteiger charge is -2.25. The third-order valence-corrected chi connectivity index (χ3v) is 4.24. The predicted molar refractivity (Wildman–Crippen MR) is 79.0 cm³/mol. The number of likely N-dealkylation sites (tertiary alicyclic amines) is 1. The van der Waals surface area contributed by atoms with Gasteiger partial charge in [-0.1, -0.05) is 6.92 Å². The molecule has 6 nitrogen and oxygen atoms in total. The van der Waals surface area contributed by atoms with E-state index in [1.807, 2.05) is 0 Å². The lowest BCUT2D eigenvalue weighted by Crippen LogP contribution is -2.38. The average molecular weight is 313 g/mol. The Morgan fingerprint density at radius 1 is 1.57 bits per heavy atom.